The molecule has 4 amide bonds. The second-order valence-electron chi connectivity index (χ2n) is 6.45. The van der Waals surface area contributed by atoms with E-state index >= 15 is 0 Å². The Bertz CT molecular complexity index is 397. The van der Waals surface area contributed by atoms with Gasteiger partial charge in [-0.25, -0.2) is 9.59 Å². The Kier molecular flexibility index (Phi) is 6.95. The third kappa shape index (κ3) is 4.99. The molecule has 0 bridgehead atoms. The number of hydrogen-bond acceptors (Lipinski definition) is 3. The average Bonchev–Trinajstić information content (AvgIpc) is 3.08. The maximum Gasteiger partial charge on any atom is 0.317 e. The van der Waals surface area contributed by atoms with Gasteiger partial charge in [-0.3, -0.25) is 0 Å². The van der Waals surface area contributed by atoms with Crippen molar-refractivity contribution in [1.82, 2.24) is 20.4 Å². The molecule has 7 nitrogen and oxygen atoms in total. The highest BCUT2D eigenvalue weighted by Gasteiger charge is 2.34. The Morgan fingerprint density at radius 3 is 2.35 bits per heavy atom. The van der Waals surface area contributed by atoms with Crippen molar-refractivity contribution in [3.63, 3.8) is 0 Å². The molecule has 2 saturated heterocycles. The van der Waals surface area contributed by atoms with Gasteiger partial charge < -0.3 is 25.2 Å². The molecule has 0 aromatic carbocycles. The minimum atomic E-state index is 0.0203. The first-order valence-corrected chi connectivity index (χ1v) is 8.64. The zero-order valence-corrected chi connectivity index (χ0v) is 14.3. The van der Waals surface area contributed by atoms with Gasteiger partial charge in [0.2, 0.25) is 0 Å². The topological polar surface area (TPSA) is 73.9 Å². The number of rotatable bonds is 5. The molecule has 2 rings (SSSR count). The summed E-state index contributed by atoms with van der Waals surface area (Å²) in [5.74, 6) is 1.20. The molecule has 132 valence electrons. The number of ether oxygens (including phenoxy) is 1. The SMILES string of the molecule is CNC(=O)N1CCC(C2CCN(C(=O)NCCCOC)C2)CC1. The van der Waals surface area contributed by atoms with Gasteiger partial charge in [-0.05, 0) is 37.5 Å². The lowest BCUT2D eigenvalue weighted by atomic mass is 9.84. The minimum absolute atomic E-state index is 0.0203. The van der Waals surface area contributed by atoms with Crippen LogP contribution in [0.5, 0.6) is 0 Å². The molecule has 2 heterocycles. The van der Waals surface area contributed by atoms with Gasteiger partial charge in [-0.15, -0.1) is 0 Å². The number of nitrogens with one attached hydrogen (secondary N) is 2. The lowest BCUT2D eigenvalue weighted by Gasteiger charge is -2.34. The first-order chi connectivity index (χ1) is 11.2. The molecule has 2 N–H and O–H groups in total. The quantitative estimate of drug-likeness (QED) is 0.743. The van der Waals surface area contributed by atoms with Gasteiger partial charge in [-0.1, -0.05) is 0 Å². The standard InChI is InChI=1S/C16H30N4O3/c1-17-15(21)19-8-4-13(5-9-19)14-6-10-20(12-14)16(22)18-7-3-11-23-2/h13-14H,3-12H2,1-2H3,(H,17,21)(H,18,22). The summed E-state index contributed by atoms with van der Waals surface area (Å²) in [5.41, 5.74) is 0. The third-order valence-corrected chi connectivity index (χ3v) is 5.02. The van der Waals surface area contributed by atoms with Gasteiger partial charge >= 0.3 is 12.1 Å². The van der Waals surface area contributed by atoms with Crippen LogP contribution < -0.4 is 10.6 Å². The third-order valence-electron chi connectivity index (χ3n) is 5.02. The van der Waals surface area contributed by atoms with Gasteiger partial charge in [0.05, 0.1) is 0 Å². The number of hydrogen-bond donors (Lipinski definition) is 2. The highest BCUT2D eigenvalue weighted by atomic mass is 16.5. The summed E-state index contributed by atoms with van der Waals surface area (Å²) in [6.07, 6.45) is 4.01. The molecule has 0 radical (unpaired) electrons. The van der Waals surface area contributed by atoms with Crippen molar-refractivity contribution in [2.24, 2.45) is 11.8 Å². The van der Waals surface area contributed by atoms with Gasteiger partial charge in [0, 0.05) is 53.5 Å². The average molecular weight is 326 g/mol. The van der Waals surface area contributed by atoms with E-state index in [1.807, 2.05) is 9.80 Å². The fourth-order valence-corrected chi connectivity index (χ4v) is 3.61. The van der Waals surface area contributed by atoms with E-state index in [9.17, 15) is 9.59 Å². The van der Waals surface area contributed by atoms with Crippen LogP contribution in [0.25, 0.3) is 0 Å². The van der Waals surface area contributed by atoms with Gasteiger partial charge in [0.15, 0.2) is 0 Å². The Balaban J connectivity index is 1.69. The Morgan fingerprint density at radius 2 is 1.70 bits per heavy atom. The van der Waals surface area contributed by atoms with Crippen LogP contribution in [0.1, 0.15) is 25.7 Å². The number of piperidine rings is 1. The van der Waals surface area contributed by atoms with E-state index in [2.05, 4.69) is 10.6 Å². The van der Waals surface area contributed by atoms with E-state index in [0.29, 0.717) is 25.0 Å². The first kappa shape index (κ1) is 17.8. The highest BCUT2D eigenvalue weighted by Crippen LogP contribution is 2.31. The van der Waals surface area contributed by atoms with E-state index in [1.165, 1.54) is 0 Å². The largest absolute Gasteiger partial charge is 0.385 e. The van der Waals surface area contributed by atoms with Crippen LogP contribution in [0.15, 0.2) is 0 Å². The maximum atomic E-state index is 12.1. The van der Waals surface area contributed by atoms with E-state index in [-0.39, 0.29) is 12.1 Å². The molecule has 0 saturated carbocycles. The molecule has 1 atom stereocenters. The van der Waals surface area contributed by atoms with Gasteiger partial charge in [0.25, 0.3) is 0 Å². The van der Waals surface area contributed by atoms with E-state index in [0.717, 1.165) is 51.9 Å². The van der Waals surface area contributed by atoms with E-state index in [4.69, 9.17) is 4.74 Å². The van der Waals surface area contributed by atoms with Crippen molar-refractivity contribution in [2.75, 3.05) is 53.5 Å². The smallest absolute Gasteiger partial charge is 0.317 e. The zero-order chi connectivity index (χ0) is 16.7. The van der Waals surface area contributed by atoms with Gasteiger partial charge in [0.1, 0.15) is 0 Å². The first-order valence-electron chi connectivity index (χ1n) is 8.64. The molecular formula is C16H30N4O3. The zero-order valence-electron chi connectivity index (χ0n) is 14.3. The summed E-state index contributed by atoms with van der Waals surface area (Å²) < 4.78 is 4.98. The summed E-state index contributed by atoms with van der Waals surface area (Å²) in [4.78, 5) is 27.6. The number of carbonyl (C=O) groups excluding carboxylic acids is 2. The molecule has 1 unspecified atom stereocenters. The summed E-state index contributed by atoms with van der Waals surface area (Å²) in [7, 11) is 3.34. The molecule has 2 aliphatic rings. The second-order valence-corrected chi connectivity index (χ2v) is 6.45. The normalized spacial score (nSPS) is 22.3. The Labute approximate surface area is 138 Å². The van der Waals surface area contributed by atoms with Crippen LogP contribution in [0, 0.1) is 11.8 Å². The molecule has 23 heavy (non-hydrogen) atoms. The van der Waals surface area contributed by atoms with Crippen molar-refractivity contribution in [3.8, 4) is 0 Å². The van der Waals surface area contributed by atoms with Gasteiger partial charge in [-0.2, -0.15) is 0 Å². The lowest BCUT2D eigenvalue weighted by molar-refractivity contribution is 0.151. The maximum absolute atomic E-state index is 12.1. The molecule has 7 heteroatoms. The minimum Gasteiger partial charge on any atom is -0.385 e. The Hall–Kier alpha value is -1.50. The fraction of sp³-hybridized carbons (Fsp3) is 0.875. The molecule has 2 aliphatic heterocycles. The predicted octanol–water partition coefficient (Wildman–Crippen LogP) is 1.11. The van der Waals surface area contributed by atoms with Crippen LogP contribution in [-0.2, 0) is 4.74 Å². The molecule has 0 aromatic heterocycles. The van der Waals surface area contributed by atoms with E-state index < -0.39 is 0 Å². The summed E-state index contributed by atoms with van der Waals surface area (Å²) in [6, 6.07) is 0.0679. The number of urea groups is 2. The van der Waals surface area contributed by atoms with Crippen LogP contribution in [-0.4, -0.2) is 75.4 Å². The second kappa shape index (κ2) is 8.96. The van der Waals surface area contributed by atoms with Crippen LogP contribution in [0.4, 0.5) is 9.59 Å². The van der Waals surface area contributed by atoms with Crippen molar-refractivity contribution < 1.29 is 14.3 Å². The Morgan fingerprint density at radius 1 is 1.04 bits per heavy atom. The summed E-state index contributed by atoms with van der Waals surface area (Å²) >= 11 is 0. The predicted molar refractivity (Wildman–Crippen MR) is 88.3 cm³/mol. The highest BCUT2D eigenvalue weighted by molar-refractivity contribution is 5.74. The number of carbonyl (C=O) groups is 2. The van der Waals surface area contributed by atoms with Crippen molar-refractivity contribution in [2.45, 2.75) is 25.7 Å². The summed E-state index contributed by atoms with van der Waals surface area (Å²) in [5, 5.41) is 5.64. The van der Waals surface area contributed by atoms with Crippen LogP contribution >= 0.6 is 0 Å². The van der Waals surface area contributed by atoms with Crippen molar-refractivity contribution in [1.29, 1.82) is 0 Å². The molecule has 2 fully saturated rings. The van der Waals surface area contributed by atoms with Crippen LogP contribution in [0.3, 0.4) is 0 Å². The number of amides is 4. The molecule has 0 aliphatic carbocycles. The number of methoxy groups -OCH3 is 1. The molecule has 0 spiro atoms. The number of nitrogens with zero attached hydrogens (tertiary/aromatic N) is 2. The summed E-state index contributed by atoms with van der Waals surface area (Å²) in [6.45, 7) is 4.68. The van der Waals surface area contributed by atoms with Crippen LogP contribution in [0.2, 0.25) is 0 Å². The fourth-order valence-electron chi connectivity index (χ4n) is 3.61. The van der Waals surface area contributed by atoms with E-state index in [1.54, 1.807) is 14.2 Å². The monoisotopic (exact) mass is 326 g/mol. The number of likely N-dealkylation sites (tertiary alicyclic amines) is 2. The van der Waals surface area contributed by atoms with Crippen molar-refractivity contribution >= 4 is 12.1 Å². The molecule has 0 aromatic rings. The lowest BCUT2D eigenvalue weighted by Crippen LogP contribution is -2.44. The van der Waals surface area contributed by atoms with Crippen molar-refractivity contribution in [3.05, 3.63) is 0 Å². The molecular weight excluding hydrogens is 296 g/mol.